The van der Waals surface area contributed by atoms with Crippen molar-refractivity contribution >= 4 is 21.9 Å². The van der Waals surface area contributed by atoms with Gasteiger partial charge in [0.25, 0.3) is 0 Å². The highest BCUT2D eigenvalue weighted by Crippen LogP contribution is 2.33. The van der Waals surface area contributed by atoms with E-state index in [1.165, 1.54) is 6.92 Å². The van der Waals surface area contributed by atoms with Crippen LogP contribution in [0.15, 0.2) is 35.5 Å². The Labute approximate surface area is 134 Å². The Morgan fingerprint density at radius 1 is 1.29 bits per heavy atom. The van der Waals surface area contributed by atoms with Gasteiger partial charge >= 0.3 is 6.18 Å². The molecule has 12 heteroatoms. The smallest absolute Gasteiger partial charge is 0.294 e. The summed E-state index contributed by atoms with van der Waals surface area (Å²) >= 11 is 0. The Kier molecular flexibility index (Phi) is 4.89. The van der Waals surface area contributed by atoms with E-state index in [9.17, 15) is 26.4 Å². The third-order valence-electron chi connectivity index (χ3n) is 2.86. The van der Waals surface area contributed by atoms with Gasteiger partial charge in [0.05, 0.1) is 16.5 Å². The van der Waals surface area contributed by atoms with Crippen molar-refractivity contribution in [2.24, 2.45) is 0 Å². The number of amides is 1. The summed E-state index contributed by atoms with van der Waals surface area (Å²) in [6, 6.07) is 2.34. The van der Waals surface area contributed by atoms with Crippen molar-refractivity contribution in [3.8, 4) is 0 Å². The van der Waals surface area contributed by atoms with E-state index in [1.54, 1.807) is 0 Å². The number of anilines is 1. The number of hydrogen-bond acceptors (Lipinski definition) is 5. The van der Waals surface area contributed by atoms with Crippen molar-refractivity contribution in [3.63, 3.8) is 0 Å². The molecular formula is C12H12F3N5O3S. The summed E-state index contributed by atoms with van der Waals surface area (Å²) in [5.74, 6) is -0.846. The molecule has 1 amide bonds. The molecule has 1 aromatic heterocycles. The molecule has 0 unspecified atom stereocenters. The van der Waals surface area contributed by atoms with Gasteiger partial charge in [-0.2, -0.15) is 28.0 Å². The minimum absolute atomic E-state index is 0.0262. The van der Waals surface area contributed by atoms with E-state index in [-0.39, 0.29) is 5.95 Å². The van der Waals surface area contributed by atoms with Gasteiger partial charge in [-0.15, -0.1) is 0 Å². The zero-order valence-corrected chi connectivity index (χ0v) is 12.9. The Morgan fingerprint density at radius 2 is 1.96 bits per heavy atom. The lowest BCUT2D eigenvalue weighted by Gasteiger charge is -2.16. The average Bonchev–Trinajstić information content (AvgIpc) is 2.99. The molecule has 0 aliphatic rings. The maximum Gasteiger partial charge on any atom is 0.417 e. The number of sulfonamides is 1. The van der Waals surface area contributed by atoms with Crippen LogP contribution in [0.3, 0.4) is 0 Å². The topological polar surface area (TPSA) is 117 Å². The van der Waals surface area contributed by atoms with Gasteiger partial charge in [-0.1, -0.05) is 12.1 Å². The molecule has 2 rings (SSSR count). The molecule has 0 aliphatic carbocycles. The Hall–Kier alpha value is -2.47. The Balaban J connectivity index is 2.21. The zero-order chi connectivity index (χ0) is 18.0. The molecule has 1 aromatic carbocycles. The van der Waals surface area contributed by atoms with Crippen molar-refractivity contribution in [2.45, 2.75) is 24.0 Å². The predicted molar refractivity (Wildman–Crippen MR) is 76.2 cm³/mol. The molecule has 8 nitrogen and oxygen atoms in total. The van der Waals surface area contributed by atoms with Crippen LogP contribution in [0.5, 0.6) is 0 Å². The van der Waals surface area contributed by atoms with Crippen LogP contribution < -0.4 is 10.0 Å². The first-order chi connectivity index (χ1) is 11.1. The van der Waals surface area contributed by atoms with E-state index in [2.05, 4.69) is 20.5 Å². The first-order valence-corrected chi connectivity index (χ1v) is 7.94. The van der Waals surface area contributed by atoms with Gasteiger partial charge in [0.2, 0.25) is 21.9 Å². The third-order valence-corrected chi connectivity index (χ3v) is 4.46. The highest BCUT2D eigenvalue weighted by atomic mass is 32.2. The second-order valence-corrected chi connectivity index (χ2v) is 6.34. The minimum Gasteiger partial charge on any atom is -0.294 e. The lowest BCUT2D eigenvalue weighted by atomic mass is 10.2. The molecule has 1 atom stereocenters. The minimum atomic E-state index is -4.85. The lowest BCUT2D eigenvalue weighted by molar-refractivity contribution is -0.139. The molecule has 0 bridgehead atoms. The molecule has 0 radical (unpaired) electrons. The number of alkyl halides is 3. The van der Waals surface area contributed by atoms with Crippen molar-refractivity contribution < 1.29 is 26.4 Å². The molecule has 130 valence electrons. The van der Waals surface area contributed by atoms with E-state index in [1.807, 2.05) is 4.72 Å². The Bertz CT molecular complexity index is 821. The van der Waals surface area contributed by atoms with Gasteiger partial charge in [0, 0.05) is 0 Å². The summed E-state index contributed by atoms with van der Waals surface area (Å²) in [5.41, 5.74) is -1.32. The number of nitrogens with one attached hydrogen (secondary N) is 3. The molecule has 2 aromatic rings. The molecular weight excluding hydrogens is 351 g/mol. The second-order valence-electron chi connectivity index (χ2n) is 4.66. The summed E-state index contributed by atoms with van der Waals surface area (Å²) in [5, 5.41) is 8.03. The fourth-order valence-corrected chi connectivity index (χ4v) is 3.21. The fourth-order valence-electron chi connectivity index (χ4n) is 1.78. The molecule has 24 heavy (non-hydrogen) atoms. The summed E-state index contributed by atoms with van der Waals surface area (Å²) in [7, 11) is -4.57. The van der Waals surface area contributed by atoms with Gasteiger partial charge in [0.1, 0.15) is 6.33 Å². The monoisotopic (exact) mass is 363 g/mol. The van der Waals surface area contributed by atoms with E-state index < -0.39 is 38.6 Å². The maximum absolute atomic E-state index is 12.9. The Morgan fingerprint density at radius 3 is 2.54 bits per heavy atom. The van der Waals surface area contributed by atoms with Crippen LogP contribution in [0.2, 0.25) is 0 Å². The van der Waals surface area contributed by atoms with E-state index in [0.717, 1.165) is 24.5 Å². The first kappa shape index (κ1) is 17.9. The predicted octanol–water partition coefficient (Wildman–Crippen LogP) is 1.13. The number of carbonyl (C=O) groups is 1. The SMILES string of the molecule is C[C@H](NS(=O)(=O)c1ccccc1C(F)(F)F)C(=O)Nc1ncn[nH]1. The van der Waals surface area contributed by atoms with Gasteiger partial charge in [0.15, 0.2) is 0 Å². The molecule has 3 N–H and O–H groups in total. The molecule has 0 saturated heterocycles. The second kappa shape index (κ2) is 6.57. The van der Waals surface area contributed by atoms with Crippen LogP contribution in [-0.4, -0.2) is 35.5 Å². The molecule has 0 spiro atoms. The van der Waals surface area contributed by atoms with E-state index >= 15 is 0 Å². The normalized spacial score (nSPS) is 13.5. The van der Waals surface area contributed by atoms with Crippen molar-refractivity contribution in [1.82, 2.24) is 19.9 Å². The van der Waals surface area contributed by atoms with Crippen molar-refractivity contribution in [2.75, 3.05) is 5.32 Å². The first-order valence-electron chi connectivity index (χ1n) is 6.46. The number of benzene rings is 1. The zero-order valence-electron chi connectivity index (χ0n) is 12.1. The lowest BCUT2D eigenvalue weighted by Crippen LogP contribution is -2.42. The largest absolute Gasteiger partial charge is 0.417 e. The summed E-state index contributed by atoms with van der Waals surface area (Å²) in [6.45, 7) is 1.18. The van der Waals surface area contributed by atoms with Gasteiger partial charge in [-0.3, -0.25) is 10.1 Å². The van der Waals surface area contributed by atoms with Crippen LogP contribution in [-0.2, 0) is 21.0 Å². The van der Waals surface area contributed by atoms with Gasteiger partial charge < -0.3 is 0 Å². The number of hydrogen-bond donors (Lipinski definition) is 3. The van der Waals surface area contributed by atoms with E-state index in [0.29, 0.717) is 6.07 Å². The maximum atomic E-state index is 12.9. The molecule has 0 saturated carbocycles. The number of aromatic nitrogens is 3. The van der Waals surface area contributed by atoms with Crippen LogP contribution in [0.4, 0.5) is 19.1 Å². The van der Waals surface area contributed by atoms with Crippen LogP contribution in [0.25, 0.3) is 0 Å². The summed E-state index contributed by atoms with van der Waals surface area (Å²) in [6.07, 6.45) is -3.74. The number of halogens is 3. The van der Waals surface area contributed by atoms with Gasteiger partial charge in [-0.05, 0) is 19.1 Å². The van der Waals surface area contributed by atoms with Crippen LogP contribution in [0, 0.1) is 0 Å². The average molecular weight is 363 g/mol. The highest BCUT2D eigenvalue weighted by molar-refractivity contribution is 7.89. The van der Waals surface area contributed by atoms with Crippen LogP contribution >= 0.6 is 0 Å². The van der Waals surface area contributed by atoms with Crippen LogP contribution in [0.1, 0.15) is 12.5 Å². The number of carbonyl (C=O) groups excluding carboxylic acids is 1. The number of nitrogens with zero attached hydrogens (tertiary/aromatic N) is 2. The van der Waals surface area contributed by atoms with Gasteiger partial charge in [-0.25, -0.2) is 13.5 Å². The van der Waals surface area contributed by atoms with E-state index in [4.69, 9.17) is 0 Å². The third kappa shape index (κ3) is 4.08. The summed E-state index contributed by atoms with van der Waals surface area (Å²) in [4.78, 5) is 14.5. The highest BCUT2D eigenvalue weighted by Gasteiger charge is 2.37. The van der Waals surface area contributed by atoms with Crippen molar-refractivity contribution in [3.05, 3.63) is 36.2 Å². The molecule has 0 aliphatic heterocycles. The quantitative estimate of drug-likeness (QED) is 0.736. The standard InChI is InChI=1S/C12H12F3N5O3S/c1-7(10(21)18-11-16-6-17-19-11)20-24(22,23)9-5-3-2-4-8(9)12(13,14)15/h2-7,20H,1H3,(H2,16,17,18,19,21)/t7-/m0/s1. The molecule has 1 heterocycles. The number of rotatable bonds is 5. The molecule has 0 fully saturated rings. The number of aromatic amines is 1. The van der Waals surface area contributed by atoms with Crippen molar-refractivity contribution in [1.29, 1.82) is 0 Å². The number of H-pyrrole nitrogens is 1. The summed E-state index contributed by atoms with van der Waals surface area (Å²) < 4.78 is 65.1. The fraction of sp³-hybridized carbons (Fsp3) is 0.250.